The van der Waals surface area contributed by atoms with Crippen molar-refractivity contribution in [1.29, 1.82) is 5.26 Å². The third-order valence-electron chi connectivity index (χ3n) is 4.43. The summed E-state index contributed by atoms with van der Waals surface area (Å²) >= 11 is 0. The lowest BCUT2D eigenvalue weighted by Crippen LogP contribution is -2.49. The van der Waals surface area contributed by atoms with Gasteiger partial charge in [-0.3, -0.25) is 19.3 Å². The molecule has 0 bridgehead atoms. The van der Waals surface area contributed by atoms with Crippen molar-refractivity contribution in [3.05, 3.63) is 35.4 Å². The number of nitriles is 1. The molecular formula is C19H21N3O5. The zero-order valence-corrected chi connectivity index (χ0v) is 15.2. The van der Waals surface area contributed by atoms with Crippen molar-refractivity contribution in [2.75, 3.05) is 13.2 Å². The van der Waals surface area contributed by atoms with Crippen molar-refractivity contribution in [2.24, 2.45) is 5.92 Å². The lowest BCUT2D eigenvalue weighted by molar-refractivity contribution is -0.153. The third-order valence-corrected chi connectivity index (χ3v) is 4.43. The molecule has 3 amide bonds. The van der Waals surface area contributed by atoms with Crippen LogP contribution in [0.25, 0.3) is 0 Å². The predicted molar refractivity (Wildman–Crippen MR) is 94.4 cm³/mol. The molecule has 27 heavy (non-hydrogen) atoms. The first-order valence-corrected chi connectivity index (χ1v) is 8.69. The summed E-state index contributed by atoms with van der Waals surface area (Å²) in [6.07, 6.45) is 0.672. The van der Waals surface area contributed by atoms with Crippen LogP contribution in [0.2, 0.25) is 0 Å². The molecule has 1 aliphatic heterocycles. The van der Waals surface area contributed by atoms with Crippen LogP contribution < -0.4 is 5.32 Å². The number of nitrogens with one attached hydrogen (secondary N) is 1. The highest BCUT2D eigenvalue weighted by atomic mass is 16.5. The second kappa shape index (κ2) is 8.94. The molecule has 0 saturated heterocycles. The van der Waals surface area contributed by atoms with Gasteiger partial charge >= 0.3 is 5.97 Å². The molecule has 0 aromatic heterocycles. The topological polar surface area (TPSA) is 117 Å². The smallest absolute Gasteiger partial charge is 0.330 e. The van der Waals surface area contributed by atoms with E-state index in [0.29, 0.717) is 6.42 Å². The number of amides is 3. The predicted octanol–water partition coefficient (Wildman–Crippen LogP) is 1.27. The van der Waals surface area contributed by atoms with Gasteiger partial charge in [0.25, 0.3) is 17.7 Å². The fourth-order valence-electron chi connectivity index (χ4n) is 2.81. The number of hydrogen-bond donors (Lipinski definition) is 1. The standard InChI is InChI=1S/C19H21N3O5/c1-3-12(2)16(19(26)27-11-15(23)21-10-6-9-20)22-17(24)13-7-4-5-8-14(13)18(22)25/h4-5,7-8,12,16H,3,6,10-11H2,1-2H3,(H,21,23)/t12-,16-/m0/s1. The number of fused-ring (bicyclic) bond motifs is 1. The SMILES string of the molecule is CC[C@H](C)[C@@H](C(=O)OCC(=O)NCCC#N)N1C(=O)c2ccccc2C1=O. The van der Waals surface area contributed by atoms with Gasteiger partial charge in [-0.05, 0) is 18.1 Å². The van der Waals surface area contributed by atoms with Crippen molar-refractivity contribution in [3.8, 4) is 6.07 Å². The van der Waals surface area contributed by atoms with E-state index in [1.807, 2.05) is 13.0 Å². The van der Waals surface area contributed by atoms with Gasteiger partial charge in [-0.25, -0.2) is 4.79 Å². The Morgan fingerprint density at radius 2 is 1.81 bits per heavy atom. The van der Waals surface area contributed by atoms with Crippen LogP contribution in [-0.2, 0) is 14.3 Å². The Hall–Kier alpha value is -3.21. The first kappa shape index (κ1) is 20.1. The van der Waals surface area contributed by atoms with E-state index in [-0.39, 0.29) is 30.0 Å². The van der Waals surface area contributed by atoms with E-state index in [2.05, 4.69) is 5.32 Å². The lowest BCUT2D eigenvalue weighted by Gasteiger charge is -2.28. The minimum Gasteiger partial charge on any atom is -0.454 e. The van der Waals surface area contributed by atoms with Crippen molar-refractivity contribution < 1.29 is 23.9 Å². The molecule has 142 valence electrons. The number of carbonyl (C=O) groups is 4. The maximum Gasteiger partial charge on any atom is 0.330 e. The normalized spacial score (nSPS) is 14.9. The fraction of sp³-hybridized carbons (Fsp3) is 0.421. The molecule has 1 heterocycles. The third kappa shape index (κ3) is 4.31. The van der Waals surface area contributed by atoms with Gasteiger partial charge in [0, 0.05) is 6.54 Å². The van der Waals surface area contributed by atoms with E-state index in [4.69, 9.17) is 10.00 Å². The highest BCUT2D eigenvalue weighted by molar-refractivity contribution is 6.22. The fourth-order valence-corrected chi connectivity index (χ4v) is 2.81. The molecule has 8 heteroatoms. The first-order valence-electron chi connectivity index (χ1n) is 8.69. The van der Waals surface area contributed by atoms with Crippen molar-refractivity contribution in [2.45, 2.75) is 32.7 Å². The number of rotatable bonds is 8. The van der Waals surface area contributed by atoms with Gasteiger partial charge < -0.3 is 10.1 Å². The summed E-state index contributed by atoms with van der Waals surface area (Å²) < 4.78 is 5.05. The zero-order valence-electron chi connectivity index (χ0n) is 15.2. The summed E-state index contributed by atoms with van der Waals surface area (Å²) in [5.41, 5.74) is 0.496. The molecule has 1 N–H and O–H groups in total. The molecule has 1 aromatic carbocycles. The summed E-state index contributed by atoms with van der Waals surface area (Å²) in [7, 11) is 0. The number of esters is 1. The maximum atomic E-state index is 12.7. The van der Waals surface area contributed by atoms with Crippen LogP contribution in [0.15, 0.2) is 24.3 Å². The van der Waals surface area contributed by atoms with Gasteiger partial charge in [0.1, 0.15) is 6.04 Å². The molecule has 0 saturated carbocycles. The molecule has 8 nitrogen and oxygen atoms in total. The molecule has 2 atom stereocenters. The summed E-state index contributed by atoms with van der Waals surface area (Å²) in [6, 6.07) is 7.14. The average Bonchev–Trinajstić information content (AvgIpc) is 2.92. The summed E-state index contributed by atoms with van der Waals surface area (Å²) in [5.74, 6) is -2.80. The molecule has 0 aliphatic carbocycles. The van der Waals surface area contributed by atoms with Gasteiger partial charge in [-0.15, -0.1) is 0 Å². The molecule has 0 fully saturated rings. The van der Waals surface area contributed by atoms with E-state index in [1.54, 1.807) is 19.1 Å². The Balaban J connectivity index is 2.13. The second-order valence-electron chi connectivity index (χ2n) is 6.22. The van der Waals surface area contributed by atoms with E-state index in [1.165, 1.54) is 12.1 Å². The van der Waals surface area contributed by atoms with Crippen LogP contribution >= 0.6 is 0 Å². The van der Waals surface area contributed by atoms with Crippen LogP contribution in [-0.4, -0.2) is 47.8 Å². The van der Waals surface area contributed by atoms with Crippen molar-refractivity contribution in [3.63, 3.8) is 0 Å². The Labute approximate surface area is 157 Å². The molecule has 1 aromatic rings. The largest absolute Gasteiger partial charge is 0.454 e. The van der Waals surface area contributed by atoms with Crippen LogP contribution in [0, 0.1) is 17.2 Å². The van der Waals surface area contributed by atoms with E-state index in [0.717, 1.165) is 4.90 Å². The second-order valence-corrected chi connectivity index (χ2v) is 6.22. The summed E-state index contributed by atoms with van der Waals surface area (Å²) in [4.78, 5) is 50.5. The van der Waals surface area contributed by atoms with Crippen LogP contribution in [0.1, 0.15) is 47.4 Å². The highest BCUT2D eigenvalue weighted by Crippen LogP contribution is 2.28. The minimum absolute atomic E-state index is 0.143. The molecule has 0 spiro atoms. The molecule has 2 rings (SSSR count). The van der Waals surface area contributed by atoms with Gasteiger partial charge in [-0.1, -0.05) is 32.4 Å². The molecule has 0 unspecified atom stereocenters. The van der Waals surface area contributed by atoms with Crippen LogP contribution in [0.3, 0.4) is 0 Å². The quantitative estimate of drug-likeness (QED) is 0.418. The number of nitrogens with zero attached hydrogens (tertiary/aromatic N) is 2. The van der Waals surface area contributed by atoms with Gasteiger partial charge in [0.15, 0.2) is 6.61 Å². The molecule has 1 aliphatic rings. The van der Waals surface area contributed by atoms with E-state index >= 15 is 0 Å². The van der Waals surface area contributed by atoms with E-state index < -0.39 is 36.3 Å². The first-order chi connectivity index (χ1) is 12.9. The van der Waals surface area contributed by atoms with Crippen LogP contribution in [0.5, 0.6) is 0 Å². The monoisotopic (exact) mass is 371 g/mol. The number of hydrogen-bond acceptors (Lipinski definition) is 6. The average molecular weight is 371 g/mol. The van der Waals surface area contributed by atoms with E-state index in [9.17, 15) is 19.2 Å². The van der Waals surface area contributed by atoms with Gasteiger partial charge in [-0.2, -0.15) is 5.26 Å². The van der Waals surface area contributed by atoms with Gasteiger partial charge in [0.05, 0.1) is 23.6 Å². The number of imide groups is 1. The summed E-state index contributed by atoms with van der Waals surface area (Å²) in [6.45, 7) is 3.18. The maximum absolute atomic E-state index is 12.7. The highest BCUT2D eigenvalue weighted by Gasteiger charge is 2.45. The zero-order chi connectivity index (χ0) is 20.0. The molecular weight excluding hydrogens is 350 g/mol. The number of carbonyl (C=O) groups excluding carboxylic acids is 4. The Bertz CT molecular complexity index is 764. The number of benzene rings is 1. The Morgan fingerprint density at radius 1 is 1.22 bits per heavy atom. The minimum atomic E-state index is -1.12. The van der Waals surface area contributed by atoms with Crippen molar-refractivity contribution in [1.82, 2.24) is 10.2 Å². The Kier molecular flexibility index (Phi) is 6.66. The summed E-state index contributed by atoms with van der Waals surface area (Å²) in [5, 5.41) is 10.9. The Morgan fingerprint density at radius 3 is 2.33 bits per heavy atom. The lowest BCUT2D eigenvalue weighted by atomic mass is 9.97. The van der Waals surface area contributed by atoms with Crippen molar-refractivity contribution >= 4 is 23.7 Å². The number of ether oxygens (including phenoxy) is 1. The van der Waals surface area contributed by atoms with Gasteiger partial charge in [0.2, 0.25) is 0 Å². The van der Waals surface area contributed by atoms with Crippen LogP contribution in [0.4, 0.5) is 0 Å². The molecule has 0 radical (unpaired) electrons.